The first-order valence-corrected chi connectivity index (χ1v) is 8.26. The van der Waals surface area contributed by atoms with Crippen LogP contribution < -0.4 is 11.5 Å². The number of carbonyl (C=O) groups excluding carboxylic acids is 1. The van der Waals surface area contributed by atoms with Gasteiger partial charge in [-0.15, -0.1) is 0 Å². The fraction of sp³-hybridized carbons (Fsp3) is 0.381. The molecule has 0 aromatic heterocycles. The van der Waals surface area contributed by atoms with Gasteiger partial charge in [0.2, 0.25) is 0 Å². The van der Waals surface area contributed by atoms with Crippen LogP contribution in [0, 0.1) is 13.8 Å². The van der Waals surface area contributed by atoms with Gasteiger partial charge < -0.3 is 11.5 Å². The fourth-order valence-electron chi connectivity index (χ4n) is 3.45. The van der Waals surface area contributed by atoms with Crippen molar-refractivity contribution < 1.29 is 4.79 Å². The minimum Gasteiger partial charge on any atom is -0.398 e. The van der Waals surface area contributed by atoms with Gasteiger partial charge in [0.15, 0.2) is 5.78 Å². The lowest BCUT2D eigenvalue weighted by Crippen LogP contribution is -2.43. The van der Waals surface area contributed by atoms with Gasteiger partial charge in [-0.3, -0.25) is 4.79 Å². The predicted molar refractivity (Wildman–Crippen MR) is 102 cm³/mol. The first-order chi connectivity index (χ1) is 11.0. The summed E-state index contributed by atoms with van der Waals surface area (Å²) in [6.45, 7) is 11.8. The van der Waals surface area contributed by atoms with E-state index in [0.29, 0.717) is 11.4 Å². The molecule has 0 atom stereocenters. The molecule has 0 radical (unpaired) electrons. The van der Waals surface area contributed by atoms with Gasteiger partial charge in [0, 0.05) is 11.4 Å². The van der Waals surface area contributed by atoms with Crippen molar-refractivity contribution in [2.75, 3.05) is 11.5 Å². The molecule has 0 fully saturated rings. The lowest BCUT2D eigenvalue weighted by molar-refractivity contribution is -0.128. The maximum atomic E-state index is 13.5. The molecule has 0 amide bonds. The molecule has 0 saturated heterocycles. The van der Waals surface area contributed by atoms with E-state index in [1.165, 1.54) is 0 Å². The van der Waals surface area contributed by atoms with Gasteiger partial charge in [0.1, 0.15) is 0 Å². The molecular formula is C21H28N2O. The number of anilines is 2. The van der Waals surface area contributed by atoms with Crippen molar-refractivity contribution >= 4 is 17.2 Å². The second-order valence-electron chi connectivity index (χ2n) is 7.76. The molecule has 4 N–H and O–H groups in total. The number of aryl methyl sites for hydroxylation is 2. The van der Waals surface area contributed by atoms with E-state index < -0.39 is 10.8 Å². The molecule has 0 aliphatic carbocycles. The average molecular weight is 324 g/mol. The van der Waals surface area contributed by atoms with E-state index in [9.17, 15) is 4.79 Å². The van der Waals surface area contributed by atoms with E-state index in [2.05, 4.69) is 0 Å². The Bertz CT molecular complexity index is 723. The summed E-state index contributed by atoms with van der Waals surface area (Å²) in [5.74, 6) is 0.101. The molecule has 2 aromatic rings. The first-order valence-electron chi connectivity index (χ1n) is 8.26. The summed E-state index contributed by atoms with van der Waals surface area (Å²) >= 11 is 0. The van der Waals surface area contributed by atoms with Crippen LogP contribution in [0.5, 0.6) is 0 Å². The average Bonchev–Trinajstić information content (AvgIpc) is 2.51. The van der Waals surface area contributed by atoms with E-state index >= 15 is 0 Å². The lowest BCUT2D eigenvalue weighted by atomic mass is 9.66. The van der Waals surface area contributed by atoms with Crippen molar-refractivity contribution in [3.63, 3.8) is 0 Å². The van der Waals surface area contributed by atoms with Crippen LogP contribution in [-0.4, -0.2) is 5.78 Å². The number of benzene rings is 2. The Morgan fingerprint density at radius 2 is 1.08 bits per heavy atom. The van der Waals surface area contributed by atoms with Gasteiger partial charge in [-0.2, -0.15) is 0 Å². The Morgan fingerprint density at radius 1 is 0.750 bits per heavy atom. The van der Waals surface area contributed by atoms with Crippen molar-refractivity contribution in [3.8, 4) is 0 Å². The molecule has 0 spiro atoms. The molecule has 24 heavy (non-hydrogen) atoms. The Kier molecular flexibility index (Phi) is 4.49. The number of Topliss-reactive ketones (excluding diaryl/α,β-unsaturated/α-hetero) is 1. The third-order valence-electron chi connectivity index (χ3n) is 4.90. The van der Waals surface area contributed by atoms with E-state index in [-0.39, 0.29) is 5.78 Å². The zero-order valence-corrected chi connectivity index (χ0v) is 15.5. The molecule has 0 aliphatic rings. The number of nitrogen functional groups attached to an aromatic ring is 2. The minimum absolute atomic E-state index is 0.101. The van der Waals surface area contributed by atoms with E-state index in [4.69, 9.17) is 11.5 Å². The van der Waals surface area contributed by atoms with Crippen molar-refractivity contribution in [3.05, 3.63) is 58.7 Å². The quantitative estimate of drug-likeness (QED) is 0.824. The van der Waals surface area contributed by atoms with Gasteiger partial charge in [-0.25, -0.2) is 0 Å². The van der Waals surface area contributed by atoms with Crippen molar-refractivity contribution in [1.29, 1.82) is 0 Å². The van der Waals surface area contributed by atoms with Crippen LogP contribution in [0.2, 0.25) is 0 Å². The van der Waals surface area contributed by atoms with Crippen LogP contribution >= 0.6 is 0 Å². The Labute approximate surface area is 145 Å². The van der Waals surface area contributed by atoms with E-state index in [1.54, 1.807) is 0 Å². The molecule has 0 saturated carbocycles. The van der Waals surface area contributed by atoms with Crippen LogP contribution in [0.4, 0.5) is 11.4 Å². The summed E-state index contributed by atoms with van der Waals surface area (Å²) in [5.41, 5.74) is 16.1. The summed E-state index contributed by atoms with van der Waals surface area (Å²) in [4.78, 5) is 13.5. The number of carbonyl (C=O) groups is 1. The molecule has 0 bridgehead atoms. The third-order valence-corrected chi connectivity index (χ3v) is 4.90. The standard InChI is InChI=1S/C21H28N2O/c1-13-7-9-17(22)15(11-13)20(3,4)19(24)21(5,6)16-12-14(2)8-10-18(16)23/h7-12H,22-23H2,1-6H3. The Morgan fingerprint density at radius 3 is 1.42 bits per heavy atom. The number of hydrogen-bond donors (Lipinski definition) is 2. The smallest absolute Gasteiger partial charge is 0.152 e. The molecule has 128 valence electrons. The molecule has 0 unspecified atom stereocenters. The van der Waals surface area contributed by atoms with Crippen LogP contribution in [0.25, 0.3) is 0 Å². The van der Waals surface area contributed by atoms with Crippen LogP contribution in [0.1, 0.15) is 49.9 Å². The summed E-state index contributed by atoms with van der Waals surface area (Å²) < 4.78 is 0. The maximum absolute atomic E-state index is 13.5. The topological polar surface area (TPSA) is 69.1 Å². The van der Waals surface area contributed by atoms with Gasteiger partial charge in [0.05, 0.1) is 10.8 Å². The summed E-state index contributed by atoms with van der Waals surface area (Å²) in [7, 11) is 0. The van der Waals surface area contributed by atoms with Crippen LogP contribution in [-0.2, 0) is 15.6 Å². The molecule has 0 aliphatic heterocycles. The second-order valence-corrected chi connectivity index (χ2v) is 7.76. The lowest BCUT2D eigenvalue weighted by Gasteiger charge is -2.35. The predicted octanol–water partition coefficient (Wildman–Crippen LogP) is 4.29. The molecule has 3 nitrogen and oxygen atoms in total. The zero-order chi connectivity index (χ0) is 18.3. The maximum Gasteiger partial charge on any atom is 0.152 e. The second kappa shape index (κ2) is 5.97. The number of nitrogens with two attached hydrogens (primary N) is 2. The third kappa shape index (κ3) is 3.03. The molecule has 2 aromatic carbocycles. The van der Waals surface area contributed by atoms with Gasteiger partial charge in [0.25, 0.3) is 0 Å². The molecule has 0 heterocycles. The Balaban J connectivity index is 2.56. The van der Waals surface area contributed by atoms with Gasteiger partial charge in [-0.1, -0.05) is 35.4 Å². The SMILES string of the molecule is Cc1ccc(N)c(C(C)(C)C(=O)C(C)(C)c2cc(C)ccc2N)c1. The number of ketones is 1. The summed E-state index contributed by atoms with van der Waals surface area (Å²) in [5, 5.41) is 0. The fourth-order valence-corrected chi connectivity index (χ4v) is 3.45. The van der Waals surface area contributed by atoms with Crippen molar-refractivity contribution in [2.45, 2.75) is 52.4 Å². The normalized spacial score (nSPS) is 12.2. The van der Waals surface area contributed by atoms with Crippen LogP contribution in [0.15, 0.2) is 36.4 Å². The van der Waals surface area contributed by atoms with E-state index in [0.717, 1.165) is 22.3 Å². The summed E-state index contributed by atoms with van der Waals surface area (Å²) in [6.07, 6.45) is 0. The monoisotopic (exact) mass is 324 g/mol. The highest BCUT2D eigenvalue weighted by molar-refractivity contribution is 5.99. The van der Waals surface area contributed by atoms with E-state index in [1.807, 2.05) is 77.9 Å². The highest BCUT2D eigenvalue weighted by atomic mass is 16.1. The largest absolute Gasteiger partial charge is 0.398 e. The minimum atomic E-state index is -0.713. The molecular weight excluding hydrogens is 296 g/mol. The molecule has 3 heteroatoms. The summed E-state index contributed by atoms with van der Waals surface area (Å²) in [6, 6.07) is 11.7. The number of rotatable bonds is 4. The van der Waals surface area contributed by atoms with Gasteiger partial charge in [-0.05, 0) is 64.8 Å². The highest BCUT2D eigenvalue weighted by Gasteiger charge is 2.42. The van der Waals surface area contributed by atoms with Crippen LogP contribution in [0.3, 0.4) is 0 Å². The first kappa shape index (κ1) is 18.1. The van der Waals surface area contributed by atoms with Crippen molar-refractivity contribution in [1.82, 2.24) is 0 Å². The Hall–Kier alpha value is -2.29. The molecule has 2 rings (SSSR count). The number of hydrogen-bond acceptors (Lipinski definition) is 3. The van der Waals surface area contributed by atoms with Crippen molar-refractivity contribution in [2.24, 2.45) is 0 Å². The highest BCUT2D eigenvalue weighted by Crippen LogP contribution is 2.39. The zero-order valence-electron chi connectivity index (χ0n) is 15.5. The van der Waals surface area contributed by atoms with Gasteiger partial charge >= 0.3 is 0 Å².